The predicted molar refractivity (Wildman–Crippen MR) is 88.7 cm³/mol. The van der Waals surface area contributed by atoms with Crippen molar-refractivity contribution in [1.29, 1.82) is 0 Å². The number of hydrogen-bond donors (Lipinski definition) is 2. The summed E-state index contributed by atoms with van der Waals surface area (Å²) in [6.07, 6.45) is 6.39. The molecule has 2 aromatic rings. The molecule has 0 aromatic heterocycles. The summed E-state index contributed by atoms with van der Waals surface area (Å²) in [7, 11) is 0. The largest absolute Gasteiger partial charge is 0.507 e. The summed E-state index contributed by atoms with van der Waals surface area (Å²) in [6.45, 7) is 0. The first-order valence-electron chi connectivity index (χ1n) is 7.73. The lowest BCUT2D eigenvalue weighted by atomic mass is 9.96. The van der Waals surface area contributed by atoms with Crippen LogP contribution < -0.4 is 4.74 Å². The van der Waals surface area contributed by atoms with Gasteiger partial charge in [-0.2, -0.15) is 0 Å². The molecule has 0 spiro atoms. The van der Waals surface area contributed by atoms with Gasteiger partial charge in [0.15, 0.2) is 0 Å². The molecule has 2 N–H and O–H groups in total. The first kappa shape index (κ1) is 16.1. The van der Waals surface area contributed by atoms with Gasteiger partial charge >= 0.3 is 5.97 Å². The van der Waals surface area contributed by atoms with E-state index in [1.807, 2.05) is 0 Å². The van der Waals surface area contributed by atoms with Gasteiger partial charge in [-0.25, -0.2) is 9.18 Å². The molecule has 0 bridgehead atoms. The Morgan fingerprint density at radius 2 is 1.88 bits per heavy atom. The van der Waals surface area contributed by atoms with Gasteiger partial charge in [-0.15, -0.1) is 0 Å². The third-order valence-electron chi connectivity index (χ3n) is 4.02. The molecule has 0 atom stereocenters. The number of aromatic carboxylic acids is 1. The SMILES string of the molecule is O=C(O)c1c(O)cc(OC2CCC2)cc1C=Cc1ccc(F)cc1. The Kier molecular flexibility index (Phi) is 4.51. The van der Waals surface area contributed by atoms with E-state index in [1.165, 1.54) is 18.2 Å². The summed E-state index contributed by atoms with van der Waals surface area (Å²) >= 11 is 0. The zero-order chi connectivity index (χ0) is 17.1. The molecule has 2 aromatic carbocycles. The van der Waals surface area contributed by atoms with E-state index >= 15 is 0 Å². The molecule has 3 rings (SSSR count). The van der Waals surface area contributed by atoms with E-state index in [1.54, 1.807) is 30.4 Å². The Balaban J connectivity index is 1.93. The molecule has 5 heteroatoms. The van der Waals surface area contributed by atoms with Crippen LogP contribution in [0.2, 0.25) is 0 Å². The highest BCUT2D eigenvalue weighted by Gasteiger charge is 2.21. The normalized spacial score (nSPS) is 14.5. The van der Waals surface area contributed by atoms with Gasteiger partial charge in [-0.3, -0.25) is 0 Å². The fourth-order valence-electron chi connectivity index (χ4n) is 2.50. The lowest BCUT2D eigenvalue weighted by Gasteiger charge is -2.26. The smallest absolute Gasteiger partial charge is 0.340 e. The van der Waals surface area contributed by atoms with E-state index in [-0.39, 0.29) is 23.2 Å². The van der Waals surface area contributed by atoms with E-state index in [0.29, 0.717) is 11.3 Å². The van der Waals surface area contributed by atoms with E-state index in [2.05, 4.69) is 0 Å². The minimum Gasteiger partial charge on any atom is -0.507 e. The minimum absolute atomic E-state index is 0.119. The number of hydrogen-bond acceptors (Lipinski definition) is 3. The van der Waals surface area contributed by atoms with Crippen LogP contribution in [-0.4, -0.2) is 22.3 Å². The second-order valence-corrected chi connectivity index (χ2v) is 5.77. The maximum absolute atomic E-state index is 12.9. The molecule has 0 radical (unpaired) electrons. The van der Waals surface area contributed by atoms with E-state index in [9.17, 15) is 19.4 Å². The van der Waals surface area contributed by atoms with Crippen molar-refractivity contribution in [3.8, 4) is 11.5 Å². The summed E-state index contributed by atoms with van der Waals surface area (Å²) < 4.78 is 18.7. The molecule has 1 aliphatic carbocycles. The van der Waals surface area contributed by atoms with Gasteiger partial charge in [-0.1, -0.05) is 24.3 Å². The van der Waals surface area contributed by atoms with Crippen LogP contribution in [0.4, 0.5) is 4.39 Å². The molecule has 0 unspecified atom stereocenters. The van der Waals surface area contributed by atoms with Crippen LogP contribution in [0.1, 0.15) is 40.7 Å². The van der Waals surface area contributed by atoms with Crippen LogP contribution in [0.3, 0.4) is 0 Å². The number of benzene rings is 2. The monoisotopic (exact) mass is 328 g/mol. The fourth-order valence-corrected chi connectivity index (χ4v) is 2.50. The van der Waals surface area contributed by atoms with Gasteiger partial charge in [0, 0.05) is 6.07 Å². The standard InChI is InChI=1S/C19H17FO4/c20-14-8-5-12(6-9-14)4-7-13-10-16(24-15-2-1-3-15)11-17(21)18(13)19(22)23/h4-11,15,21H,1-3H2,(H,22,23). The van der Waals surface area contributed by atoms with E-state index in [0.717, 1.165) is 24.8 Å². The maximum Gasteiger partial charge on any atom is 0.340 e. The number of rotatable bonds is 5. The molecular formula is C19H17FO4. The Labute approximate surface area is 138 Å². The molecule has 124 valence electrons. The molecular weight excluding hydrogens is 311 g/mol. The maximum atomic E-state index is 12.9. The molecule has 1 fully saturated rings. The average molecular weight is 328 g/mol. The van der Waals surface area contributed by atoms with Gasteiger partial charge in [0.2, 0.25) is 0 Å². The summed E-state index contributed by atoms with van der Waals surface area (Å²) in [5, 5.41) is 19.4. The number of halogens is 1. The molecule has 1 aliphatic rings. The highest BCUT2D eigenvalue weighted by Crippen LogP contribution is 2.32. The third kappa shape index (κ3) is 3.56. The Hall–Kier alpha value is -2.82. The van der Waals surface area contributed by atoms with Crippen molar-refractivity contribution in [2.45, 2.75) is 25.4 Å². The number of aromatic hydroxyl groups is 1. The van der Waals surface area contributed by atoms with Crippen LogP contribution in [0.5, 0.6) is 11.5 Å². The second kappa shape index (κ2) is 6.74. The molecule has 0 aliphatic heterocycles. The quantitative estimate of drug-likeness (QED) is 0.802. The summed E-state index contributed by atoms with van der Waals surface area (Å²) in [5.41, 5.74) is 0.869. The Morgan fingerprint density at radius 3 is 2.46 bits per heavy atom. The number of phenols is 1. The highest BCUT2D eigenvalue weighted by molar-refractivity contribution is 5.96. The molecule has 1 saturated carbocycles. The molecule has 4 nitrogen and oxygen atoms in total. The van der Waals surface area contributed by atoms with Gasteiger partial charge in [0.05, 0.1) is 6.10 Å². The van der Waals surface area contributed by atoms with Crippen molar-refractivity contribution in [3.05, 3.63) is 58.9 Å². The zero-order valence-electron chi connectivity index (χ0n) is 12.9. The fraction of sp³-hybridized carbons (Fsp3) is 0.211. The van der Waals surface area contributed by atoms with Crippen molar-refractivity contribution in [1.82, 2.24) is 0 Å². The first-order chi connectivity index (χ1) is 11.5. The highest BCUT2D eigenvalue weighted by atomic mass is 19.1. The number of carboxylic acid groups (broad SMARTS) is 1. The van der Waals surface area contributed by atoms with Crippen LogP contribution >= 0.6 is 0 Å². The van der Waals surface area contributed by atoms with Crippen molar-refractivity contribution < 1.29 is 24.1 Å². The Morgan fingerprint density at radius 1 is 1.17 bits per heavy atom. The van der Waals surface area contributed by atoms with E-state index < -0.39 is 5.97 Å². The van der Waals surface area contributed by atoms with Crippen molar-refractivity contribution in [2.24, 2.45) is 0 Å². The summed E-state index contributed by atoms with van der Waals surface area (Å²) in [6, 6.07) is 8.75. The lowest BCUT2D eigenvalue weighted by molar-refractivity contribution is 0.0693. The van der Waals surface area contributed by atoms with Crippen molar-refractivity contribution in [3.63, 3.8) is 0 Å². The second-order valence-electron chi connectivity index (χ2n) is 5.77. The summed E-state index contributed by atoms with van der Waals surface area (Å²) in [4.78, 5) is 11.4. The molecule has 0 saturated heterocycles. The van der Waals surface area contributed by atoms with Gasteiger partial charge in [0.25, 0.3) is 0 Å². The average Bonchev–Trinajstić information content (AvgIpc) is 2.49. The third-order valence-corrected chi connectivity index (χ3v) is 4.02. The van der Waals surface area contributed by atoms with E-state index in [4.69, 9.17) is 4.74 Å². The van der Waals surface area contributed by atoms with Gasteiger partial charge in [0.1, 0.15) is 22.9 Å². The zero-order valence-corrected chi connectivity index (χ0v) is 12.9. The first-order valence-corrected chi connectivity index (χ1v) is 7.73. The lowest BCUT2D eigenvalue weighted by Crippen LogP contribution is -2.24. The van der Waals surface area contributed by atoms with Crippen LogP contribution in [0.25, 0.3) is 12.2 Å². The van der Waals surface area contributed by atoms with Crippen molar-refractivity contribution >= 4 is 18.1 Å². The predicted octanol–water partition coefficient (Wildman–Crippen LogP) is 4.33. The van der Waals surface area contributed by atoms with Gasteiger partial charge < -0.3 is 14.9 Å². The van der Waals surface area contributed by atoms with Crippen LogP contribution in [0.15, 0.2) is 36.4 Å². The topological polar surface area (TPSA) is 66.8 Å². The Bertz CT molecular complexity index is 777. The molecule has 0 heterocycles. The number of ether oxygens (including phenoxy) is 1. The number of carbonyl (C=O) groups is 1. The molecule has 24 heavy (non-hydrogen) atoms. The van der Waals surface area contributed by atoms with Crippen LogP contribution in [0, 0.1) is 5.82 Å². The van der Waals surface area contributed by atoms with Crippen LogP contribution in [-0.2, 0) is 0 Å². The van der Waals surface area contributed by atoms with Gasteiger partial charge in [-0.05, 0) is 48.6 Å². The number of carboxylic acids is 1. The minimum atomic E-state index is -1.22. The summed E-state index contributed by atoms with van der Waals surface area (Å²) in [5.74, 6) is -1.45. The van der Waals surface area contributed by atoms with Crippen molar-refractivity contribution in [2.75, 3.05) is 0 Å². The molecule has 0 amide bonds.